The lowest BCUT2D eigenvalue weighted by atomic mass is 9.85. The van der Waals surface area contributed by atoms with Crippen LogP contribution in [0.5, 0.6) is 0 Å². The van der Waals surface area contributed by atoms with Gasteiger partial charge in [-0.2, -0.15) is 0 Å². The number of carbonyl (C=O) groups excluding carboxylic acids is 1. The van der Waals surface area contributed by atoms with E-state index in [1.807, 2.05) is 6.92 Å². The topological polar surface area (TPSA) is 70.0 Å². The Morgan fingerprint density at radius 3 is 2.71 bits per heavy atom. The summed E-state index contributed by atoms with van der Waals surface area (Å²) >= 11 is 0. The van der Waals surface area contributed by atoms with E-state index < -0.39 is 17.8 Å². The van der Waals surface area contributed by atoms with E-state index in [-0.39, 0.29) is 11.8 Å². The van der Waals surface area contributed by atoms with Crippen molar-refractivity contribution in [3.63, 3.8) is 0 Å². The first-order valence-corrected chi connectivity index (χ1v) is 8.01. The third-order valence-corrected chi connectivity index (χ3v) is 4.81. The van der Waals surface area contributed by atoms with Crippen molar-refractivity contribution in [2.45, 2.75) is 58.3 Å². The van der Waals surface area contributed by atoms with E-state index in [0.717, 1.165) is 13.0 Å². The van der Waals surface area contributed by atoms with Gasteiger partial charge in [0.25, 0.3) is 0 Å². The second kappa shape index (κ2) is 6.23. The maximum atomic E-state index is 12.2. The molecular formula is C16H29NO4. The highest BCUT2D eigenvalue weighted by Gasteiger charge is 2.47. The monoisotopic (exact) mass is 299 g/mol. The minimum atomic E-state index is -0.960. The largest absolute Gasteiger partial charge is 0.390 e. The number of nitrogens with zero attached hydrogens (tertiary/aromatic N) is 1. The quantitative estimate of drug-likeness (QED) is 0.813. The van der Waals surface area contributed by atoms with Crippen molar-refractivity contribution in [1.29, 1.82) is 0 Å². The van der Waals surface area contributed by atoms with E-state index in [4.69, 9.17) is 4.74 Å². The molecule has 0 saturated carbocycles. The summed E-state index contributed by atoms with van der Waals surface area (Å²) < 4.78 is 5.78. The van der Waals surface area contributed by atoms with E-state index >= 15 is 0 Å². The van der Waals surface area contributed by atoms with Gasteiger partial charge >= 0.3 is 0 Å². The van der Waals surface area contributed by atoms with Crippen molar-refractivity contribution >= 4 is 5.91 Å². The van der Waals surface area contributed by atoms with Crippen LogP contribution in [0.3, 0.4) is 0 Å². The Balaban J connectivity index is 1.99. The Hall–Kier alpha value is -0.650. The highest BCUT2D eigenvalue weighted by Crippen LogP contribution is 2.32. The van der Waals surface area contributed by atoms with Gasteiger partial charge in [-0.05, 0) is 25.2 Å². The van der Waals surface area contributed by atoms with Crippen LogP contribution in [0.1, 0.15) is 40.5 Å². The number of rotatable bonds is 4. The van der Waals surface area contributed by atoms with Crippen LogP contribution >= 0.6 is 0 Å². The molecule has 122 valence electrons. The second-order valence-electron chi connectivity index (χ2n) is 7.51. The molecule has 2 fully saturated rings. The molecule has 0 aromatic rings. The lowest BCUT2D eigenvalue weighted by Crippen LogP contribution is -2.61. The number of likely N-dealkylation sites (tertiary alicyclic amines) is 1. The van der Waals surface area contributed by atoms with Crippen molar-refractivity contribution in [2.75, 3.05) is 19.7 Å². The number of aliphatic hydroxyl groups excluding tert-OH is 2. The number of ether oxygens (including phenoxy) is 1. The molecule has 5 heteroatoms. The molecule has 0 aromatic heterocycles. The van der Waals surface area contributed by atoms with Gasteiger partial charge < -0.3 is 19.8 Å². The van der Waals surface area contributed by atoms with Gasteiger partial charge in [-0.3, -0.25) is 4.79 Å². The fraction of sp³-hybridized carbons (Fsp3) is 0.938. The third-order valence-electron chi connectivity index (χ3n) is 4.81. The van der Waals surface area contributed by atoms with Gasteiger partial charge in [-0.25, -0.2) is 0 Å². The zero-order chi connectivity index (χ0) is 15.8. The molecule has 0 radical (unpaired) electrons. The summed E-state index contributed by atoms with van der Waals surface area (Å²) in [6.45, 7) is 9.47. The predicted molar refractivity (Wildman–Crippen MR) is 79.7 cm³/mol. The molecule has 5 unspecified atom stereocenters. The van der Waals surface area contributed by atoms with Gasteiger partial charge in [0.1, 0.15) is 11.7 Å². The fourth-order valence-corrected chi connectivity index (χ4v) is 3.53. The molecule has 1 amide bonds. The smallest absolute Gasteiger partial charge is 0.223 e. The maximum absolute atomic E-state index is 12.2. The van der Waals surface area contributed by atoms with Gasteiger partial charge in [0.05, 0.1) is 19.3 Å². The lowest BCUT2D eigenvalue weighted by molar-refractivity contribution is -0.215. The SMILES string of the molecule is CC(C)CC1CC(=O)N(CC2(C)OCC(C)C(O)C2O)C1. The van der Waals surface area contributed by atoms with Crippen molar-refractivity contribution in [3.05, 3.63) is 0 Å². The van der Waals surface area contributed by atoms with Crippen molar-refractivity contribution in [1.82, 2.24) is 4.90 Å². The van der Waals surface area contributed by atoms with E-state index in [0.29, 0.717) is 31.4 Å². The van der Waals surface area contributed by atoms with Crippen LogP contribution in [0, 0.1) is 17.8 Å². The molecule has 2 N–H and O–H groups in total. The molecule has 2 heterocycles. The molecule has 2 rings (SSSR count). The van der Waals surface area contributed by atoms with Crippen LogP contribution in [0.2, 0.25) is 0 Å². The average Bonchev–Trinajstić information content (AvgIpc) is 2.71. The molecule has 0 aliphatic carbocycles. The summed E-state index contributed by atoms with van der Waals surface area (Å²) in [5.74, 6) is 1.02. The van der Waals surface area contributed by atoms with Gasteiger partial charge in [0.15, 0.2) is 0 Å². The molecule has 0 bridgehead atoms. The molecule has 5 nitrogen and oxygen atoms in total. The van der Waals surface area contributed by atoms with E-state index in [9.17, 15) is 15.0 Å². The Labute approximate surface area is 127 Å². The molecule has 2 aliphatic rings. The summed E-state index contributed by atoms with van der Waals surface area (Å²) in [6, 6.07) is 0. The minimum absolute atomic E-state index is 0.0870. The molecule has 0 spiro atoms. The Morgan fingerprint density at radius 1 is 1.43 bits per heavy atom. The van der Waals surface area contributed by atoms with E-state index in [2.05, 4.69) is 13.8 Å². The number of hydrogen-bond acceptors (Lipinski definition) is 4. The molecule has 2 aliphatic heterocycles. The van der Waals surface area contributed by atoms with Crippen molar-refractivity contribution in [2.24, 2.45) is 17.8 Å². The second-order valence-corrected chi connectivity index (χ2v) is 7.51. The fourth-order valence-electron chi connectivity index (χ4n) is 3.53. The van der Waals surface area contributed by atoms with E-state index in [1.54, 1.807) is 11.8 Å². The summed E-state index contributed by atoms with van der Waals surface area (Å²) in [5, 5.41) is 20.4. The zero-order valence-corrected chi connectivity index (χ0v) is 13.6. The van der Waals surface area contributed by atoms with Crippen LogP contribution in [0.4, 0.5) is 0 Å². The van der Waals surface area contributed by atoms with Gasteiger partial charge in [0, 0.05) is 18.9 Å². The number of carbonyl (C=O) groups is 1. The summed E-state index contributed by atoms with van der Waals surface area (Å²) in [6.07, 6.45) is -0.128. The lowest BCUT2D eigenvalue weighted by Gasteiger charge is -2.45. The molecular weight excluding hydrogens is 270 g/mol. The minimum Gasteiger partial charge on any atom is -0.390 e. The van der Waals surface area contributed by atoms with Crippen LogP contribution in [0.15, 0.2) is 0 Å². The molecule has 5 atom stereocenters. The average molecular weight is 299 g/mol. The van der Waals surface area contributed by atoms with Crippen LogP contribution in [-0.4, -0.2) is 58.5 Å². The Kier molecular flexibility index (Phi) is 4.96. The first-order chi connectivity index (χ1) is 9.73. The molecule has 2 saturated heterocycles. The van der Waals surface area contributed by atoms with E-state index in [1.165, 1.54) is 0 Å². The normalized spacial score (nSPS) is 41.1. The van der Waals surface area contributed by atoms with Crippen LogP contribution in [-0.2, 0) is 9.53 Å². The van der Waals surface area contributed by atoms with Gasteiger partial charge in [-0.1, -0.05) is 20.8 Å². The summed E-state index contributed by atoms with van der Waals surface area (Å²) in [7, 11) is 0. The third kappa shape index (κ3) is 3.58. The Bertz CT molecular complexity index is 386. The van der Waals surface area contributed by atoms with Crippen molar-refractivity contribution in [3.8, 4) is 0 Å². The number of aliphatic hydroxyl groups is 2. The van der Waals surface area contributed by atoms with Gasteiger partial charge in [0.2, 0.25) is 5.91 Å². The van der Waals surface area contributed by atoms with Crippen LogP contribution in [0.25, 0.3) is 0 Å². The zero-order valence-electron chi connectivity index (χ0n) is 13.6. The highest BCUT2D eigenvalue weighted by atomic mass is 16.5. The molecule has 21 heavy (non-hydrogen) atoms. The Morgan fingerprint density at radius 2 is 2.10 bits per heavy atom. The first-order valence-electron chi connectivity index (χ1n) is 8.01. The predicted octanol–water partition coefficient (Wildman–Crippen LogP) is 1.03. The number of amides is 1. The van der Waals surface area contributed by atoms with Crippen LogP contribution < -0.4 is 0 Å². The molecule has 0 aromatic carbocycles. The van der Waals surface area contributed by atoms with Crippen molar-refractivity contribution < 1.29 is 19.7 Å². The van der Waals surface area contributed by atoms with Gasteiger partial charge in [-0.15, -0.1) is 0 Å². The standard InChI is InChI=1S/C16H29NO4/c1-10(2)5-12-6-13(18)17(7-12)9-16(4)15(20)14(19)11(3)8-21-16/h10-12,14-15,19-20H,5-9H2,1-4H3. The highest BCUT2D eigenvalue weighted by molar-refractivity contribution is 5.78. The summed E-state index contributed by atoms with van der Waals surface area (Å²) in [4.78, 5) is 14.0. The maximum Gasteiger partial charge on any atom is 0.223 e. The number of hydrogen-bond donors (Lipinski definition) is 2. The summed E-state index contributed by atoms with van der Waals surface area (Å²) in [5.41, 5.74) is -0.881. The first kappa shape index (κ1) is 16.7.